The van der Waals surface area contributed by atoms with Crippen molar-refractivity contribution in [3.05, 3.63) is 59.2 Å². The molecular formula is C20H21N3O4. The van der Waals surface area contributed by atoms with E-state index in [0.717, 1.165) is 24.4 Å². The number of amides is 1. The van der Waals surface area contributed by atoms with Gasteiger partial charge in [0.15, 0.2) is 0 Å². The molecule has 140 valence electrons. The minimum Gasteiger partial charge on any atom is -0.478 e. The molecule has 7 heteroatoms. The Labute approximate surface area is 157 Å². The van der Waals surface area contributed by atoms with Crippen LogP contribution in [0, 0.1) is 0 Å². The number of ether oxygens (including phenoxy) is 1. The van der Waals surface area contributed by atoms with Crippen LogP contribution in [0.2, 0.25) is 0 Å². The molecule has 2 aromatic carbocycles. The van der Waals surface area contributed by atoms with Gasteiger partial charge in [0, 0.05) is 37.0 Å². The molecule has 0 atom stereocenters. The lowest BCUT2D eigenvalue weighted by Crippen LogP contribution is -2.14. The number of hydrazone groups is 1. The second-order valence-electron chi connectivity index (χ2n) is 6.37. The number of carbonyl (C=O) groups is 2. The number of aromatic carboxylic acids is 1. The van der Waals surface area contributed by atoms with E-state index < -0.39 is 5.97 Å². The molecule has 0 saturated carbocycles. The average molecular weight is 367 g/mol. The van der Waals surface area contributed by atoms with Crippen molar-refractivity contribution in [3.8, 4) is 0 Å². The molecule has 27 heavy (non-hydrogen) atoms. The summed E-state index contributed by atoms with van der Waals surface area (Å²) in [6.07, 6.45) is 0.936. The fourth-order valence-corrected chi connectivity index (χ4v) is 2.89. The molecule has 3 rings (SSSR count). The van der Waals surface area contributed by atoms with E-state index in [-0.39, 0.29) is 18.1 Å². The van der Waals surface area contributed by atoms with E-state index in [2.05, 4.69) is 10.4 Å². The predicted octanol–water partition coefficient (Wildman–Crippen LogP) is 3.37. The molecule has 0 saturated heterocycles. The van der Waals surface area contributed by atoms with Gasteiger partial charge in [-0.1, -0.05) is 0 Å². The molecule has 1 aliphatic heterocycles. The molecule has 2 aromatic rings. The van der Waals surface area contributed by atoms with Crippen LogP contribution in [-0.4, -0.2) is 36.3 Å². The van der Waals surface area contributed by atoms with Crippen molar-refractivity contribution in [1.82, 2.24) is 0 Å². The Morgan fingerprint density at radius 3 is 2.52 bits per heavy atom. The first-order chi connectivity index (χ1) is 13.0. The topological polar surface area (TPSA) is 91.2 Å². The zero-order valence-electron chi connectivity index (χ0n) is 15.2. The summed E-state index contributed by atoms with van der Waals surface area (Å²) >= 11 is 0. The van der Waals surface area contributed by atoms with E-state index in [9.17, 15) is 14.7 Å². The van der Waals surface area contributed by atoms with Gasteiger partial charge >= 0.3 is 5.97 Å². The molecule has 0 fully saturated rings. The minimum atomic E-state index is -1.06. The second kappa shape index (κ2) is 8.01. The first kappa shape index (κ1) is 18.6. The Kier molecular flexibility index (Phi) is 5.52. The number of carboxylic acid groups (broad SMARTS) is 1. The summed E-state index contributed by atoms with van der Waals surface area (Å²) in [5.41, 5.74) is 3.67. The van der Waals surface area contributed by atoms with Gasteiger partial charge in [-0.15, -0.1) is 0 Å². The summed E-state index contributed by atoms with van der Waals surface area (Å²) in [5, 5.41) is 18.3. The van der Waals surface area contributed by atoms with Gasteiger partial charge in [-0.25, -0.2) is 4.79 Å². The van der Waals surface area contributed by atoms with Crippen LogP contribution < -0.4 is 10.3 Å². The highest BCUT2D eigenvalue weighted by Gasteiger charge is 2.14. The van der Waals surface area contributed by atoms with Gasteiger partial charge in [0.25, 0.3) is 5.91 Å². The van der Waals surface area contributed by atoms with Crippen LogP contribution >= 0.6 is 0 Å². The SMILES string of the molecule is COCc1cc(NC(=O)c2ccc(N3CCC(C)=N3)cc2)cc(C(=O)O)c1. The average Bonchev–Trinajstić information content (AvgIpc) is 3.08. The van der Waals surface area contributed by atoms with Crippen molar-refractivity contribution in [3.63, 3.8) is 0 Å². The Morgan fingerprint density at radius 2 is 1.93 bits per heavy atom. The first-order valence-electron chi connectivity index (χ1n) is 8.55. The Bertz CT molecular complexity index is 891. The van der Waals surface area contributed by atoms with Gasteiger partial charge in [0.1, 0.15) is 0 Å². The summed E-state index contributed by atoms with van der Waals surface area (Å²) in [6.45, 7) is 3.08. The fourth-order valence-electron chi connectivity index (χ4n) is 2.89. The molecule has 1 heterocycles. The molecule has 7 nitrogen and oxygen atoms in total. The Balaban J connectivity index is 1.76. The van der Waals surface area contributed by atoms with Crippen LogP contribution in [0.15, 0.2) is 47.6 Å². The van der Waals surface area contributed by atoms with Crippen molar-refractivity contribution >= 4 is 29.0 Å². The number of nitrogens with zero attached hydrogens (tertiary/aromatic N) is 2. The van der Waals surface area contributed by atoms with Crippen molar-refractivity contribution in [2.45, 2.75) is 20.0 Å². The summed E-state index contributed by atoms with van der Waals surface area (Å²) < 4.78 is 5.06. The van der Waals surface area contributed by atoms with Crippen LogP contribution in [0.5, 0.6) is 0 Å². The Morgan fingerprint density at radius 1 is 1.19 bits per heavy atom. The fraction of sp³-hybridized carbons (Fsp3) is 0.250. The molecule has 0 spiro atoms. The quantitative estimate of drug-likeness (QED) is 0.817. The Hall–Kier alpha value is -3.19. The zero-order valence-corrected chi connectivity index (χ0v) is 15.2. The minimum absolute atomic E-state index is 0.0949. The van der Waals surface area contributed by atoms with Crippen LogP contribution in [0.4, 0.5) is 11.4 Å². The number of methoxy groups -OCH3 is 1. The standard InChI is InChI=1S/C20H21N3O4/c1-13-7-8-23(22-13)18-5-3-15(4-6-18)19(24)21-17-10-14(12-27-2)9-16(11-17)20(25)26/h3-6,9-11H,7-8,12H2,1-2H3,(H,21,24)(H,25,26). The molecule has 1 amide bonds. The van der Waals surface area contributed by atoms with Gasteiger partial charge in [-0.05, 0) is 55.0 Å². The highest BCUT2D eigenvalue weighted by molar-refractivity contribution is 6.05. The third-order valence-electron chi connectivity index (χ3n) is 4.21. The molecule has 0 bridgehead atoms. The van der Waals surface area contributed by atoms with Crippen molar-refractivity contribution < 1.29 is 19.4 Å². The zero-order chi connectivity index (χ0) is 19.4. The molecule has 0 radical (unpaired) electrons. The lowest BCUT2D eigenvalue weighted by Gasteiger charge is -2.14. The largest absolute Gasteiger partial charge is 0.478 e. The van der Waals surface area contributed by atoms with Crippen LogP contribution in [0.1, 0.15) is 39.6 Å². The van der Waals surface area contributed by atoms with Gasteiger partial charge in [0.2, 0.25) is 0 Å². The van der Waals surface area contributed by atoms with Gasteiger partial charge in [-0.3, -0.25) is 9.80 Å². The number of hydrogen-bond donors (Lipinski definition) is 2. The molecular weight excluding hydrogens is 346 g/mol. The third kappa shape index (κ3) is 4.51. The van der Waals surface area contributed by atoms with Crippen LogP contribution in [0.3, 0.4) is 0 Å². The van der Waals surface area contributed by atoms with E-state index >= 15 is 0 Å². The maximum absolute atomic E-state index is 12.5. The summed E-state index contributed by atoms with van der Waals surface area (Å²) in [5.74, 6) is -1.37. The lowest BCUT2D eigenvalue weighted by molar-refractivity contribution is 0.0696. The summed E-state index contributed by atoms with van der Waals surface area (Å²) in [7, 11) is 1.53. The maximum atomic E-state index is 12.5. The number of carboxylic acids is 1. The van der Waals surface area contributed by atoms with E-state index in [1.807, 2.05) is 24.1 Å². The van der Waals surface area contributed by atoms with Gasteiger partial charge in [0.05, 0.1) is 17.9 Å². The number of nitrogens with one attached hydrogen (secondary N) is 1. The van der Waals surface area contributed by atoms with Gasteiger partial charge < -0.3 is 15.2 Å². The van der Waals surface area contributed by atoms with Gasteiger partial charge in [-0.2, -0.15) is 5.10 Å². The monoisotopic (exact) mass is 367 g/mol. The second-order valence-corrected chi connectivity index (χ2v) is 6.37. The lowest BCUT2D eigenvalue weighted by atomic mass is 10.1. The predicted molar refractivity (Wildman–Crippen MR) is 104 cm³/mol. The number of benzene rings is 2. The maximum Gasteiger partial charge on any atom is 0.335 e. The van der Waals surface area contributed by atoms with E-state index in [4.69, 9.17) is 4.74 Å². The molecule has 0 aliphatic carbocycles. The van der Waals surface area contributed by atoms with Crippen molar-refractivity contribution in [2.75, 3.05) is 24.0 Å². The number of rotatable bonds is 6. The number of anilines is 2. The van der Waals surface area contributed by atoms with Crippen LogP contribution in [-0.2, 0) is 11.3 Å². The summed E-state index contributed by atoms with van der Waals surface area (Å²) in [6, 6.07) is 11.8. The summed E-state index contributed by atoms with van der Waals surface area (Å²) in [4.78, 5) is 23.8. The highest BCUT2D eigenvalue weighted by atomic mass is 16.5. The highest BCUT2D eigenvalue weighted by Crippen LogP contribution is 2.21. The van der Waals surface area contributed by atoms with E-state index in [0.29, 0.717) is 16.8 Å². The molecule has 2 N–H and O–H groups in total. The number of carbonyl (C=O) groups excluding carboxylic acids is 1. The normalized spacial score (nSPS) is 13.4. The first-order valence-corrected chi connectivity index (χ1v) is 8.55. The van der Waals surface area contributed by atoms with E-state index in [1.54, 1.807) is 18.2 Å². The molecule has 0 unspecified atom stereocenters. The molecule has 1 aliphatic rings. The van der Waals surface area contributed by atoms with Crippen molar-refractivity contribution in [1.29, 1.82) is 0 Å². The third-order valence-corrected chi connectivity index (χ3v) is 4.21. The van der Waals surface area contributed by atoms with Crippen molar-refractivity contribution in [2.24, 2.45) is 5.10 Å². The van der Waals surface area contributed by atoms with E-state index in [1.165, 1.54) is 19.2 Å². The number of hydrogen-bond acceptors (Lipinski definition) is 5. The molecule has 0 aromatic heterocycles. The van der Waals surface area contributed by atoms with Crippen LogP contribution in [0.25, 0.3) is 0 Å². The smallest absolute Gasteiger partial charge is 0.335 e.